The molecule has 5 rings (SSSR count). The molecule has 2 saturated heterocycles. The van der Waals surface area contributed by atoms with Crippen LogP contribution in [0.5, 0.6) is 11.5 Å². The van der Waals surface area contributed by atoms with E-state index in [1.165, 1.54) is 10.6 Å². The molecule has 1 saturated carbocycles. The Hall–Kier alpha value is -3.79. The van der Waals surface area contributed by atoms with E-state index in [1.807, 2.05) is 36.4 Å². The lowest BCUT2D eigenvalue weighted by molar-refractivity contribution is -0.139. The lowest BCUT2D eigenvalue weighted by Gasteiger charge is -2.42. The number of hydrogen-bond acceptors (Lipinski definition) is 7. The lowest BCUT2D eigenvalue weighted by Crippen LogP contribution is -2.61. The van der Waals surface area contributed by atoms with Gasteiger partial charge in [0.05, 0.1) is 26.7 Å². The maximum absolute atomic E-state index is 13.2. The van der Waals surface area contributed by atoms with Crippen molar-refractivity contribution in [3.05, 3.63) is 54.1 Å². The van der Waals surface area contributed by atoms with Crippen LogP contribution in [0.25, 0.3) is 0 Å². The number of rotatable bonds is 10. The van der Waals surface area contributed by atoms with Gasteiger partial charge in [0.2, 0.25) is 11.8 Å². The van der Waals surface area contributed by atoms with Crippen molar-refractivity contribution in [1.82, 2.24) is 20.4 Å². The van der Waals surface area contributed by atoms with Gasteiger partial charge in [-0.15, -0.1) is 0 Å². The van der Waals surface area contributed by atoms with Crippen molar-refractivity contribution in [2.75, 3.05) is 58.4 Å². The van der Waals surface area contributed by atoms with Gasteiger partial charge in [-0.05, 0) is 74.2 Å². The summed E-state index contributed by atoms with van der Waals surface area (Å²) in [6, 6.07) is 14.9. The quantitative estimate of drug-likeness (QED) is 0.429. The number of carbonyl (C=O) groups excluding carboxylic acids is 3. The second-order valence-electron chi connectivity index (χ2n) is 11.1. The minimum absolute atomic E-state index is 0.0233. The second kappa shape index (κ2) is 13.2. The third-order valence-electron chi connectivity index (χ3n) is 8.62. The molecule has 10 heteroatoms. The highest BCUT2D eigenvalue weighted by molar-refractivity contribution is 5.99. The molecule has 0 radical (unpaired) electrons. The third kappa shape index (κ3) is 6.93. The molecule has 2 aliphatic heterocycles. The summed E-state index contributed by atoms with van der Waals surface area (Å²) in [5.74, 6) is 0.989. The largest absolute Gasteiger partial charge is 0.497 e. The number of nitrogens with one attached hydrogen (secondary N) is 2. The zero-order valence-electron chi connectivity index (χ0n) is 24.0. The molecular weight excluding hydrogens is 522 g/mol. The van der Waals surface area contributed by atoms with Gasteiger partial charge in [-0.2, -0.15) is 0 Å². The van der Waals surface area contributed by atoms with Crippen molar-refractivity contribution in [2.45, 2.75) is 38.3 Å². The van der Waals surface area contributed by atoms with Gasteiger partial charge in [0.25, 0.3) is 0 Å². The van der Waals surface area contributed by atoms with Crippen molar-refractivity contribution >= 4 is 23.5 Å². The predicted octanol–water partition coefficient (Wildman–Crippen LogP) is 2.87. The number of methoxy groups -OCH3 is 2. The molecule has 3 aliphatic rings. The van der Waals surface area contributed by atoms with Gasteiger partial charge in [0.1, 0.15) is 11.5 Å². The minimum atomic E-state index is -0.389. The van der Waals surface area contributed by atoms with Crippen LogP contribution >= 0.6 is 0 Å². The van der Waals surface area contributed by atoms with E-state index in [9.17, 15) is 14.4 Å². The number of piperazine rings is 1. The molecule has 0 bridgehead atoms. The standard InChI is InChI=1S/C31H41N5O5/c1-40-25-9-4-22(5-10-25)21-36-30(38)27-13-6-23(20-28(27)33-31(36)39)29(37)32-14-3-15-34-16-18-35(19-17-34)24-7-11-26(41-2)12-8-24/h4-5,7-12,23,27-28H,3,6,13-21H2,1-2H3,(H,32,37)(H,33,39). The van der Waals surface area contributed by atoms with E-state index in [2.05, 4.69) is 32.6 Å². The van der Waals surface area contributed by atoms with E-state index in [0.717, 1.165) is 56.2 Å². The molecule has 3 atom stereocenters. The summed E-state index contributed by atoms with van der Waals surface area (Å²) in [7, 11) is 3.28. The molecule has 220 valence electrons. The normalized spacial score (nSPS) is 23.0. The summed E-state index contributed by atoms with van der Waals surface area (Å²) in [5, 5.41) is 6.10. The zero-order valence-corrected chi connectivity index (χ0v) is 24.0. The summed E-state index contributed by atoms with van der Waals surface area (Å²) >= 11 is 0. The highest BCUT2D eigenvalue weighted by Gasteiger charge is 2.45. The first-order valence-electron chi connectivity index (χ1n) is 14.6. The topological polar surface area (TPSA) is 103 Å². The van der Waals surface area contributed by atoms with Crippen LogP contribution in [0.2, 0.25) is 0 Å². The number of carbonyl (C=O) groups is 3. The van der Waals surface area contributed by atoms with Crippen LogP contribution in [0.4, 0.5) is 10.5 Å². The van der Waals surface area contributed by atoms with E-state index in [1.54, 1.807) is 14.2 Å². The average Bonchev–Trinajstić information content (AvgIpc) is 3.01. The zero-order chi connectivity index (χ0) is 28.8. The first-order chi connectivity index (χ1) is 19.9. The Labute approximate surface area is 241 Å². The maximum Gasteiger partial charge on any atom is 0.324 e. The van der Waals surface area contributed by atoms with E-state index >= 15 is 0 Å². The number of imide groups is 1. The van der Waals surface area contributed by atoms with Gasteiger partial charge in [-0.3, -0.25) is 19.4 Å². The molecule has 0 aromatic heterocycles. The molecule has 4 amide bonds. The van der Waals surface area contributed by atoms with Gasteiger partial charge in [0, 0.05) is 50.4 Å². The van der Waals surface area contributed by atoms with Gasteiger partial charge in [-0.25, -0.2) is 4.79 Å². The van der Waals surface area contributed by atoms with Crippen molar-refractivity contribution in [1.29, 1.82) is 0 Å². The molecule has 0 spiro atoms. The van der Waals surface area contributed by atoms with Crippen LogP contribution in [0.3, 0.4) is 0 Å². The number of benzene rings is 2. The lowest BCUT2D eigenvalue weighted by atomic mass is 9.76. The SMILES string of the molecule is COc1ccc(CN2C(=O)NC3CC(C(=O)NCCCN4CCN(c5ccc(OC)cc5)CC4)CCC3C2=O)cc1. The maximum atomic E-state index is 13.2. The number of ether oxygens (including phenoxy) is 2. The molecular formula is C31H41N5O5. The first kappa shape index (κ1) is 28.7. The summed E-state index contributed by atoms with van der Waals surface area (Å²) in [5.41, 5.74) is 2.08. The predicted molar refractivity (Wildman–Crippen MR) is 156 cm³/mol. The Kier molecular flexibility index (Phi) is 9.28. The Bertz CT molecular complexity index is 1200. The number of anilines is 1. The Morgan fingerprint density at radius 1 is 0.927 bits per heavy atom. The van der Waals surface area contributed by atoms with Gasteiger partial charge < -0.3 is 25.0 Å². The van der Waals surface area contributed by atoms with E-state index < -0.39 is 0 Å². The number of fused-ring (bicyclic) bond motifs is 1. The van der Waals surface area contributed by atoms with Crippen molar-refractivity contribution < 1.29 is 23.9 Å². The molecule has 3 fully saturated rings. The minimum Gasteiger partial charge on any atom is -0.497 e. The molecule has 2 N–H and O–H groups in total. The summed E-state index contributed by atoms with van der Waals surface area (Å²) < 4.78 is 10.4. The van der Waals surface area contributed by atoms with E-state index in [4.69, 9.17) is 9.47 Å². The Morgan fingerprint density at radius 2 is 1.59 bits per heavy atom. The molecule has 2 aromatic carbocycles. The molecule has 3 unspecified atom stereocenters. The van der Waals surface area contributed by atoms with E-state index in [-0.39, 0.29) is 42.3 Å². The molecule has 2 aromatic rings. The summed E-state index contributed by atoms with van der Waals surface area (Å²) in [6.07, 6.45) is 2.64. The number of hydrogen-bond donors (Lipinski definition) is 2. The van der Waals surface area contributed by atoms with Crippen molar-refractivity contribution in [3.8, 4) is 11.5 Å². The highest BCUT2D eigenvalue weighted by atomic mass is 16.5. The fraction of sp³-hybridized carbons (Fsp3) is 0.516. The summed E-state index contributed by atoms with van der Waals surface area (Å²) in [6.45, 7) is 5.74. The van der Waals surface area contributed by atoms with Crippen LogP contribution in [0, 0.1) is 11.8 Å². The fourth-order valence-electron chi connectivity index (χ4n) is 6.15. The third-order valence-corrected chi connectivity index (χ3v) is 8.62. The van der Waals surface area contributed by atoms with Crippen LogP contribution < -0.4 is 25.0 Å². The second-order valence-corrected chi connectivity index (χ2v) is 11.1. The smallest absolute Gasteiger partial charge is 0.324 e. The number of urea groups is 1. The van der Waals surface area contributed by atoms with Gasteiger partial charge >= 0.3 is 6.03 Å². The fourth-order valence-corrected chi connectivity index (χ4v) is 6.15. The molecule has 2 heterocycles. The van der Waals surface area contributed by atoms with Crippen molar-refractivity contribution in [2.24, 2.45) is 11.8 Å². The highest BCUT2D eigenvalue weighted by Crippen LogP contribution is 2.33. The molecule has 41 heavy (non-hydrogen) atoms. The monoisotopic (exact) mass is 563 g/mol. The summed E-state index contributed by atoms with van der Waals surface area (Å²) in [4.78, 5) is 45.1. The van der Waals surface area contributed by atoms with Crippen LogP contribution in [-0.4, -0.2) is 87.2 Å². The van der Waals surface area contributed by atoms with E-state index in [0.29, 0.717) is 25.8 Å². The number of amides is 4. The van der Waals surface area contributed by atoms with Crippen LogP contribution in [0.1, 0.15) is 31.2 Å². The first-order valence-corrected chi connectivity index (χ1v) is 14.6. The van der Waals surface area contributed by atoms with Crippen LogP contribution in [-0.2, 0) is 16.1 Å². The average molecular weight is 564 g/mol. The molecule has 1 aliphatic carbocycles. The van der Waals surface area contributed by atoms with Gasteiger partial charge in [0.15, 0.2) is 0 Å². The van der Waals surface area contributed by atoms with Crippen molar-refractivity contribution in [3.63, 3.8) is 0 Å². The Morgan fingerprint density at radius 3 is 2.24 bits per heavy atom. The Balaban J connectivity index is 1.01. The molecule has 10 nitrogen and oxygen atoms in total. The van der Waals surface area contributed by atoms with Crippen LogP contribution in [0.15, 0.2) is 48.5 Å². The van der Waals surface area contributed by atoms with Gasteiger partial charge in [-0.1, -0.05) is 12.1 Å². The number of nitrogens with zero attached hydrogens (tertiary/aromatic N) is 3.